The summed E-state index contributed by atoms with van der Waals surface area (Å²) in [7, 11) is 0. The molecule has 0 spiro atoms. The SMILES string of the molecule is Cc1cc2c3c(c1)N(c1cccc(-c4ccc(C(C)(C)C)cc4)c1)c1c(oc4ccccc14)B3c1ccc(N(c3ccc(C(C)(C)C)cc3)c3ccc(C(C)(C)C)cc3)cc1N2c1ccccc1. The number of hydrogen-bond donors (Lipinski definition) is 0. The highest BCUT2D eigenvalue weighted by Gasteiger charge is 2.47. The molecule has 0 saturated carbocycles. The van der Waals surface area contributed by atoms with Gasteiger partial charge in [0.05, 0.1) is 11.3 Å². The van der Waals surface area contributed by atoms with E-state index < -0.39 is 0 Å². The summed E-state index contributed by atoms with van der Waals surface area (Å²) in [6.45, 7) is 22.5. The fraction of sp³-hybridized carbons (Fsp3) is 0.206. The molecule has 0 radical (unpaired) electrons. The third-order valence-electron chi connectivity index (χ3n) is 14.1. The molecule has 0 N–H and O–H groups in total. The summed E-state index contributed by atoms with van der Waals surface area (Å²) >= 11 is 0. The van der Waals surface area contributed by atoms with Crippen LogP contribution in [0.5, 0.6) is 0 Å². The first-order valence-corrected chi connectivity index (χ1v) is 24.2. The van der Waals surface area contributed by atoms with Gasteiger partial charge in [-0.25, -0.2) is 0 Å². The summed E-state index contributed by atoms with van der Waals surface area (Å²) < 4.78 is 7.20. The lowest BCUT2D eigenvalue weighted by Crippen LogP contribution is -2.61. The van der Waals surface area contributed by atoms with E-state index in [2.05, 4.69) is 266 Å². The van der Waals surface area contributed by atoms with E-state index in [-0.39, 0.29) is 23.0 Å². The van der Waals surface area contributed by atoms with Gasteiger partial charge in [0.1, 0.15) is 5.58 Å². The van der Waals surface area contributed by atoms with Crippen molar-refractivity contribution in [1.82, 2.24) is 0 Å². The van der Waals surface area contributed by atoms with Crippen molar-refractivity contribution in [3.05, 3.63) is 204 Å². The maximum Gasteiger partial charge on any atom is 0.297 e. The molecule has 4 nitrogen and oxygen atoms in total. The average molecular weight is 886 g/mol. The maximum atomic E-state index is 7.20. The van der Waals surface area contributed by atoms with Crippen LogP contribution in [0.4, 0.5) is 51.2 Å². The summed E-state index contributed by atoms with van der Waals surface area (Å²) in [4.78, 5) is 7.38. The van der Waals surface area contributed by atoms with Gasteiger partial charge in [-0.2, -0.15) is 0 Å². The highest BCUT2D eigenvalue weighted by atomic mass is 16.3. The van der Waals surface area contributed by atoms with Crippen LogP contribution in [-0.4, -0.2) is 6.71 Å². The second kappa shape index (κ2) is 15.9. The molecule has 11 rings (SSSR count). The van der Waals surface area contributed by atoms with Crippen molar-refractivity contribution in [3.63, 3.8) is 0 Å². The predicted octanol–water partition coefficient (Wildman–Crippen LogP) is 15.9. The fourth-order valence-corrected chi connectivity index (χ4v) is 10.5. The molecule has 9 aromatic rings. The molecule has 0 atom stereocenters. The lowest BCUT2D eigenvalue weighted by molar-refractivity contribution is 0.590. The Hall–Kier alpha value is -7.24. The number of anilines is 9. The molecular weight excluding hydrogens is 826 g/mol. The Morgan fingerprint density at radius 1 is 0.441 bits per heavy atom. The lowest BCUT2D eigenvalue weighted by Gasteiger charge is -2.43. The van der Waals surface area contributed by atoms with Crippen LogP contribution >= 0.6 is 0 Å². The molecule has 2 aliphatic heterocycles. The van der Waals surface area contributed by atoms with E-state index in [1.165, 1.54) is 50.0 Å². The minimum Gasteiger partial charge on any atom is -0.468 e. The minimum atomic E-state index is -0.165. The molecular formula is C63H60BN3O. The van der Waals surface area contributed by atoms with Crippen LogP contribution in [-0.2, 0) is 16.2 Å². The molecule has 3 heterocycles. The quantitative estimate of drug-likeness (QED) is 0.155. The number of fused-ring (bicyclic) bond motifs is 6. The Labute approximate surface area is 403 Å². The number of para-hydroxylation sites is 2. The summed E-state index contributed by atoms with van der Waals surface area (Å²) in [5.74, 6) is 0. The summed E-state index contributed by atoms with van der Waals surface area (Å²) in [5.41, 5.74) is 22.0. The summed E-state index contributed by atoms with van der Waals surface area (Å²) in [6.07, 6.45) is 0. The molecule has 0 saturated heterocycles. The molecule has 1 aromatic heterocycles. The summed E-state index contributed by atoms with van der Waals surface area (Å²) in [5, 5.41) is 1.10. The van der Waals surface area contributed by atoms with Gasteiger partial charge >= 0.3 is 0 Å². The molecule has 68 heavy (non-hydrogen) atoms. The Bertz CT molecular complexity index is 3290. The van der Waals surface area contributed by atoms with Crippen molar-refractivity contribution in [2.24, 2.45) is 0 Å². The van der Waals surface area contributed by atoms with Crippen LogP contribution < -0.4 is 31.3 Å². The topological polar surface area (TPSA) is 22.9 Å². The predicted molar refractivity (Wildman–Crippen MR) is 291 cm³/mol. The number of furan rings is 1. The van der Waals surface area contributed by atoms with E-state index >= 15 is 0 Å². The van der Waals surface area contributed by atoms with Gasteiger partial charge in [0.25, 0.3) is 6.71 Å². The zero-order chi connectivity index (χ0) is 47.3. The Kier molecular flexibility index (Phi) is 10.2. The third kappa shape index (κ3) is 7.40. The van der Waals surface area contributed by atoms with E-state index in [9.17, 15) is 0 Å². The van der Waals surface area contributed by atoms with E-state index in [0.29, 0.717) is 0 Å². The number of aryl methyl sites for hydroxylation is 1. The van der Waals surface area contributed by atoms with Gasteiger partial charge in [0.15, 0.2) is 0 Å². The smallest absolute Gasteiger partial charge is 0.297 e. The van der Waals surface area contributed by atoms with Crippen LogP contribution in [0.2, 0.25) is 0 Å². The van der Waals surface area contributed by atoms with Gasteiger partial charge in [0.2, 0.25) is 0 Å². The highest BCUT2D eigenvalue weighted by molar-refractivity contribution is 7.00. The Morgan fingerprint density at radius 3 is 1.57 bits per heavy atom. The zero-order valence-corrected chi connectivity index (χ0v) is 41.1. The zero-order valence-electron chi connectivity index (χ0n) is 41.1. The normalized spacial score (nSPS) is 13.4. The van der Waals surface area contributed by atoms with E-state index in [4.69, 9.17) is 4.42 Å². The van der Waals surface area contributed by atoms with Crippen molar-refractivity contribution in [2.75, 3.05) is 14.7 Å². The van der Waals surface area contributed by atoms with E-state index in [1.54, 1.807) is 0 Å². The van der Waals surface area contributed by atoms with Gasteiger partial charge in [-0.1, -0.05) is 159 Å². The molecule has 0 fully saturated rings. The number of rotatable bonds is 6. The number of hydrogen-bond acceptors (Lipinski definition) is 4. The second-order valence-corrected chi connectivity index (χ2v) is 22.0. The highest BCUT2D eigenvalue weighted by Crippen LogP contribution is 2.49. The van der Waals surface area contributed by atoms with Crippen molar-refractivity contribution in [2.45, 2.75) is 85.5 Å². The first-order chi connectivity index (χ1) is 32.5. The van der Waals surface area contributed by atoms with Crippen molar-refractivity contribution >= 4 is 85.5 Å². The first kappa shape index (κ1) is 43.3. The van der Waals surface area contributed by atoms with Crippen molar-refractivity contribution in [1.29, 1.82) is 0 Å². The minimum absolute atomic E-state index is 0.0380. The molecule has 2 aliphatic rings. The monoisotopic (exact) mass is 885 g/mol. The molecule has 0 aliphatic carbocycles. The maximum absolute atomic E-state index is 7.20. The summed E-state index contributed by atoms with van der Waals surface area (Å²) in [6, 6.07) is 67.7. The molecule has 0 unspecified atom stereocenters. The van der Waals surface area contributed by atoms with Crippen LogP contribution in [0.3, 0.4) is 0 Å². The first-order valence-electron chi connectivity index (χ1n) is 24.2. The number of benzene rings is 8. The van der Waals surface area contributed by atoms with Crippen LogP contribution in [0, 0.1) is 6.92 Å². The van der Waals surface area contributed by atoms with Gasteiger partial charge in [-0.05, 0) is 152 Å². The van der Waals surface area contributed by atoms with Crippen LogP contribution in [0.15, 0.2) is 186 Å². The average Bonchev–Trinajstić information content (AvgIpc) is 3.70. The third-order valence-corrected chi connectivity index (χ3v) is 14.1. The molecule has 0 amide bonds. The largest absolute Gasteiger partial charge is 0.468 e. The van der Waals surface area contributed by atoms with Gasteiger partial charge in [-0.3, -0.25) is 0 Å². The second-order valence-electron chi connectivity index (χ2n) is 22.0. The van der Waals surface area contributed by atoms with Crippen LogP contribution in [0.25, 0.3) is 22.1 Å². The van der Waals surface area contributed by atoms with Crippen LogP contribution in [0.1, 0.15) is 84.6 Å². The molecule has 0 bridgehead atoms. The lowest BCUT2D eigenvalue weighted by atomic mass is 9.35. The van der Waals surface area contributed by atoms with E-state index in [0.717, 1.165) is 62.1 Å². The Morgan fingerprint density at radius 2 is 0.971 bits per heavy atom. The molecule has 8 aromatic carbocycles. The Balaban J connectivity index is 1.14. The van der Waals surface area contributed by atoms with E-state index in [1.807, 2.05) is 0 Å². The molecule has 336 valence electrons. The fourth-order valence-electron chi connectivity index (χ4n) is 10.5. The molecule has 5 heteroatoms. The van der Waals surface area contributed by atoms with Crippen molar-refractivity contribution < 1.29 is 4.42 Å². The van der Waals surface area contributed by atoms with Gasteiger partial charge in [0, 0.05) is 50.9 Å². The standard InChI is InChI=1S/C63H60BN3O/c1-41-37-55-58-56(38-41)67(50-20-16-17-43(39-50)42-23-25-44(26-24-42)61(2,3)4)59-52-21-14-15-22-57(52)68-60(59)64(58)53-36-35-51(40-54(53)66(55)47-18-12-11-13-19-47)65(48-31-27-45(28-32-48)62(5,6)7)49-33-29-46(30-34-49)63(8,9)10/h11-40H,1-10H3. The van der Waals surface area contributed by atoms with Crippen molar-refractivity contribution in [3.8, 4) is 11.1 Å². The van der Waals surface area contributed by atoms with Gasteiger partial charge < -0.3 is 19.1 Å². The van der Waals surface area contributed by atoms with Gasteiger partial charge in [-0.15, -0.1) is 0 Å². The number of nitrogens with zero attached hydrogens (tertiary/aromatic N) is 3.